The highest BCUT2D eigenvalue weighted by molar-refractivity contribution is 7.92. The number of hydrogen-bond acceptors (Lipinski definition) is 5. The first-order chi connectivity index (χ1) is 15.1. The van der Waals surface area contributed by atoms with Crippen molar-refractivity contribution in [3.8, 4) is 5.75 Å². The number of rotatable bonds is 7. The van der Waals surface area contributed by atoms with Crippen molar-refractivity contribution >= 4 is 27.3 Å². The van der Waals surface area contributed by atoms with E-state index in [1.54, 1.807) is 12.1 Å². The van der Waals surface area contributed by atoms with Gasteiger partial charge in [0.2, 0.25) is 0 Å². The van der Waals surface area contributed by atoms with E-state index in [-0.39, 0.29) is 16.1 Å². The van der Waals surface area contributed by atoms with Crippen LogP contribution in [0.25, 0.3) is 0 Å². The Morgan fingerprint density at radius 2 is 1.56 bits per heavy atom. The van der Waals surface area contributed by atoms with Gasteiger partial charge in [-0.25, -0.2) is 8.42 Å². The Labute approximate surface area is 182 Å². The third-order valence-corrected chi connectivity index (χ3v) is 5.68. The molecule has 0 saturated carbocycles. The molecule has 3 N–H and O–H groups in total. The van der Waals surface area contributed by atoms with Crippen molar-refractivity contribution in [3.63, 3.8) is 0 Å². The Bertz CT molecular complexity index is 1200. The van der Waals surface area contributed by atoms with Gasteiger partial charge in [-0.05, 0) is 66.7 Å². The molecule has 0 heterocycles. The summed E-state index contributed by atoms with van der Waals surface area (Å²) in [6, 6.07) is 15.6. The minimum atomic E-state index is -4.51. The Morgan fingerprint density at radius 1 is 0.906 bits per heavy atom. The number of benzene rings is 3. The predicted molar refractivity (Wildman–Crippen MR) is 113 cm³/mol. The van der Waals surface area contributed by atoms with Gasteiger partial charge in [0.15, 0.2) is 0 Å². The fourth-order valence-electron chi connectivity index (χ4n) is 2.63. The summed E-state index contributed by atoms with van der Waals surface area (Å²) in [4.78, 5) is 12.2. The fourth-order valence-corrected chi connectivity index (χ4v) is 3.69. The van der Waals surface area contributed by atoms with Crippen molar-refractivity contribution in [3.05, 3.63) is 83.9 Å². The van der Waals surface area contributed by atoms with Crippen molar-refractivity contribution in [2.75, 3.05) is 17.3 Å². The summed E-state index contributed by atoms with van der Waals surface area (Å²) >= 11 is 0. The first-order valence-corrected chi connectivity index (χ1v) is 10.6. The number of alkyl halides is 3. The molecule has 1 amide bonds. The quantitative estimate of drug-likeness (QED) is 0.453. The van der Waals surface area contributed by atoms with Crippen molar-refractivity contribution in [1.82, 2.24) is 5.43 Å². The second kappa shape index (κ2) is 9.18. The van der Waals surface area contributed by atoms with E-state index in [0.717, 1.165) is 12.1 Å². The molecule has 11 heteroatoms. The molecule has 168 valence electrons. The van der Waals surface area contributed by atoms with Crippen molar-refractivity contribution in [2.45, 2.75) is 11.1 Å². The molecule has 32 heavy (non-hydrogen) atoms. The van der Waals surface area contributed by atoms with E-state index >= 15 is 0 Å². The minimum Gasteiger partial charge on any atom is -0.497 e. The average Bonchev–Trinajstić information content (AvgIpc) is 2.77. The molecule has 0 bridgehead atoms. The predicted octanol–water partition coefficient (Wildman–Crippen LogP) is 4.27. The Balaban J connectivity index is 1.64. The number of hydrogen-bond donors (Lipinski definition) is 3. The Morgan fingerprint density at radius 3 is 2.16 bits per heavy atom. The molecule has 0 atom stereocenters. The first kappa shape index (κ1) is 22.9. The number of hydrazine groups is 1. The zero-order chi connectivity index (χ0) is 23.4. The van der Waals surface area contributed by atoms with Crippen LogP contribution in [-0.4, -0.2) is 21.4 Å². The molecule has 0 aliphatic heterocycles. The van der Waals surface area contributed by atoms with Crippen molar-refractivity contribution < 1.29 is 31.1 Å². The SMILES string of the molecule is COc1ccc(NS(=O)(=O)c2ccc(C(=O)NNc3cccc(C(F)(F)F)c3)cc2)cc1. The normalized spacial score (nSPS) is 11.5. The molecule has 0 saturated heterocycles. The zero-order valence-corrected chi connectivity index (χ0v) is 17.4. The van der Waals surface area contributed by atoms with Crippen LogP contribution in [0, 0.1) is 0 Å². The molecule has 0 spiro atoms. The zero-order valence-electron chi connectivity index (χ0n) is 16.6. The maximum Gasteiger partial charge on any atom is 0.416 e. The third-order valence-electron chi connectivity index (χ3n) is 4.28. The summed E-state index contributed by atoms with van der Waals surface area (Å²) in [5, 5.41) is 0. The topological polar surface area (TPSA) is 96.5 Å². The maximum absolute atomic E-state index is 12.8. The molecule has 0 fully saturated rings. The van der Waals surface area contributed by atoms with Gasteiger partial charge in [0.05, 0.1) is 23.3 Å². The number of sulfonamides is 1. The van der Waals surface area contributed by atoms with Crippen molar-refractivity contribution in [1.29, 1.82) is 0 Å². The molecular weight excluding hydrogens is 447 g/mol. The van der Waals surface area contributed by atoms with E-state index in [9.17, 15) is 26.4 Å². The third kappa shape index (κ3) is 5.70. The second-order valence-electron chi connectivity index (χ2n) is 6.52. The maximum atomic E-state index is 12.8. The highest BCUT2D eigenvalue weighted by Crippen LogP contribution is 2.30. The number of anilines is 2. The lowest BCUT2D eigenvalue weighted by atomic mass is 10.2. The number of halogens is 3. The molecule has 0 radical (unpaired) electrons. The van der Waals surface area contributed by atoms with Crippen LogP contribution in [0.2, 0.25) is 0 Å². The van der Waals surface area contributed by atoms with Crippen LogP contribution in [0.15, 0.2) is 77.7 Å². The summed E-state index contributed by atoms with van der Waals surface area (Å²) < 4.78 is 70.7. The molecule has 0 aliphatic rings. The number of amides is 1. The van der Waals surface area contributed by atoms with E-state index in [0.29, 0.717) is 11.4 Å². The van der Waals surface area contributed by atoms with Gasteiger partial charge in [-0.3, -0.25) is 20.4 Å². The summed E-state index contributed by atoms with van der Waals surface area (Å²) in [7, 11) is -2.40. The van der Waals surface area contributed by atoms with Crippen LogP contribution in [0.1, 0.15) is 15.9 Å². The van der Waals surface area contributed by atoms with Gasteiger partial charge in [0, 0.05) is 11.3 Å². The van der Waals surface area contributed by atoms with Gasteiger partial charge in [0.1, 0.15) is 5.75 Å². The van der Waals surface area contributed by atoms with Crippen LogP contribution in [0.5, 0.6) is 5.75 Å². The van der Waals surface area contributed by atoms with E-state index in [2.05, 4.69) is 15.6 Å². The molecular formula is C21H18F3N3O4S. The largest absolute Gasteiger partial charge is 0.497 e. The standard InChI is InChI=1S/C21H18F3N3O4S/c1-31-18-9-7-16(8-10-18)27-32(29,30)19-11-5-14(6-12-19)20(28)26-25-17-4-2-3-15(13-17)21(22,23)24/h2-13,25,27H,1H3,(H,26,28). The summed E-state index contributed by atoms with van der Waals surface area (Å²) in [6.45, 7) is 0. The summed E-state index contributed by atoms with van der Waals surface area (Å²) in [5.74, 6) is -0.0865. The van der Waals surface area contributed by atoms with Crippen molar-refractivity contribution in [2.24, 2.45) is 0 Å². The van der Waals surface area contributed by atoms with Crippen LogP contribution in [0.3, 0.4) is 0 Å². The number of nitrogens with one attached hydrogen (secondary N) is 3. The van der Waals surface area contributed by atoms with Gasteiger partial charge in [-0.15, -0.1) is 0 Å². The molecule has 7 nitrogen and oxygen atoms in total. The Kier molecular flexibility index (Phi) is 6.58. The Hall–Kier alpha value is -3.73. The number of methoxy groups -OCH3 is 1. The molecule has 3 aromatic rings. The number of ether oxygens (including phenoxy) is 1. The first-order valence-electron chi connectivity index (χ1n) is 9.09. The molecule has 0 aliphatic carbocycles. The van der Waals surface area contributed by atoms with Gasteiger partial charge in [-0.2, -0.15) is 13.2 Å². The molecule has 0 unspecified atom stereocenters. The number of carbonyl (C=O) groups is 1. The van der Waals surface area contributed by atoms with Crippen LogP contribution in [0.4, 0.5) is 24.5 Å². The molecule has 3 aromatic carbocycles. The highest BCUT2D eigenvalue weighted by Gasteiger charge is 2.30. The highest BCUT2D eigenvalue weighted by atomic mass is 32.2. The average molecular weight is 465 g/mol. The van der Waals surface area contributed by atoms with Crippen LogP contribution in [-0.2, 0) is 16.2 Å². The summed E-state index contributed by atoms with van der Waals surface area (Å²) in [5.41, 5.74) is 4.28. The van der Waals surface area contributed by atoms with Gasteiger partial charge in [0.25, 0.3) is 15.9 Å². The lowest BCUT2D eigenvalue weighted by Gasteiger charge is -2.12. The minimum absolute atomic E-state index is 0.0380. The molecule has 0 aromatic heterocycles. The van der Waals surface area contributed by atoms with E-state index in [1.807, 2.05) is 0 Å². The second-order valence-corrected chi connectivity index (χ2v) is 8.20. The summed E-state index contributed by atoms with van der Waals surface area (Å²) in [6.07, 6.45) is -4.51. The van der Waals surface area contributed by atoms with Crippen LogP contribution < -0.4 is 20.3 Å². The molecule has 3 rings (SSSR count). The van der Waals surface area contributed by atoms with E-state index < -0.39 is 27.7 Å². The lowest BCUT2D eigenvalue weighted by molar-refractivity contribution is -0.137. The lowest BCUT2D eigenvalue weighted by Crippen LogP contribution is -2.29. The van der Waals surface area contributed by atoms with Gasteiger partial charge < -0.3 is 4.74 Å². The number of carbonyl (C=O) groups excluding carboxylic acids is 1. The van der Waals surface area contributed by atoms with Crippen LogP contribution >= 0.6 is 0 Å². The van der Waals surface area contributed by atoms with Gasteiger partial charge >= 0.3 is 6.18 Å². The monoisotopic (exact) mass is 465 g/mol. The smallest absolute Gasteiger partial charge is 0.416 e. The van der Waals surface area contributed by atoms with E-state index in [1.165, 1.54) is 55.6 Å². The van der Waals surface area contributed by atoms with E-state index in [4.69, 9.17) is 4.74 Å². The fraction of sp³-hybridized carbons (Fsp3) is 0.0952. The van der Waals surface area contributed by atoms with Gasteiger partial charge in [-0.1, -0.05) is 6.07 Å².